The van der Waals surface area contributed by atoms with Crippen molar-refractivity contribution in [1.82, 2.24) is 0 Å². The number of benzene rings is 3. The van der Waals surface area contributed by atoms with Crippen LogP contribution in [0.25, 0.3) is 16.8 Å². The lowest BCUT2D eigenvalue weighted by molar-refractivity contribution is -0.132. The monoisotopic (exact) mass is 354 g/mol. The fourth-order valence-corrected chi connectivity index (χ4v) is 3.63. The molecule has 0 fully saturated rings. The minimum Gasteiger partial charge on any atom is -0.477 e. The first-order chi connectivity index (χ1) is 13.2. The number of carboxylic acids is 1. The molecule has 0 radical (unpaired) electrons. The van der Waals surface area contributed by atoms with Gasteiger partial charge in [-0.05, 0) is 65.1 Å². The Morgan fingerprint density at radius 2 is 1.89 bits per heavy atom. The molecule has 4 rings (SSSR count). The van der Waals surface area contributed by atoms with Gasteiger partial charge < -0.3 is 10.0 Å². The number of hydrogen-bond donors (Lipinski definition) is 1. The zero-order valence-electron chi connectivity index (χ0n) is 14.7. The Morgan fingerprint density at radius 1 is 1.07 bits per heavy atom. The molecule has 1 heterocycles. The van der Waals surface area contributed by atoms with E-state index >= 15 is 0 Å². The number of anilines is 2. The summed E-state index contributed by atoms with van der Waals surface area (Å²) in [5.74, 6) is -1.20. The summed E-state index contributed by atoms with van der Waals surface area (Å²) in [5, 5.41) is 20.4. The summed E-state index contributed by atoms with van der Waals surface area (Å²) in [5.41, 5.74) is 3.96. The number of nitrogens with zero attached hydrogens (tertiary/aromatic N) is 2. The Kier molecular flexibility index (Phi) is 4.35. The number of carboxylic acid groups (broad SMARTS) is 1. The topological polar surface area (TPSA) is 64.3 Å². The van der Waals surface area contributed by atoms with Crippen LogP contribution in [0.3, 0.4) is 0 Å². The maximum atomic E-state index is 11.1. The zero-order valence-corrected chi connectivity index (χ0v) is 14.7. The highest BCUT2D eigenvalue weighted by atomic mass is 16.4. The molecule has 0 aliphatic carbocycles. The number of nitriles is 1. The van der Waals surface area contributed by atoms with E-state index in [0.717, 1.165) is 36.3 Å². The van der Waals surface area contributed by atoms with Gasteiger partial charge in [-0.2, -0.15) is 5.26 Å². The highest BCUT2D eigenvalue weighted by Crippen LogP contribution is 2.35. The molecule has 3 aromatic carbocycles. The second-order valence-electron chi connectivity index (χ2n) is 6.65. The standard InChI is InChI=1S/C23H18N2O2/c24-15-20(23(26)27)13-16-7-10-22-19(12-16)6-3-11-25(22)21-9-8-17-4-1-2-5-18(17)14-21/h1-2,4-5,7-10,12-14H,3,6,11H2,(H,26,27). The van der Waals surface area contributed by atoms with Crippen LogP contribution in [0, 0.1) is 11.3 Å². The molecule has 0 spiro atoms. The molecule has 3 aromatic rings. The first-order valence-electron chi connectivity index (χ1n) is 8.90. The molecule has 4 heteroatoms. The van der Waals surface area contributed by atoms with Crippen molar-refractivity contribution in [3.63, 3.8) is 0 Å². The van der Waals surface area contributed by atoms with Crippen LogP contribution in [0.15, 0.2) is 66.2 Å². The molecule has 0 unspecified atom stereocenters. The van der Waals surface area contributed by atoms with E-state index in [1.807, 2.05) is 30.3 Å². The van der Waals surface area contributed by atoms with Crippen molar-refractivity contribution >= 4 is 34.2 Å². The van der Waals surface area contributed by atoms with E-state index in [9.17, 15) is 4.79 Å². The summed E-state index contributed by atoms with van der Waals surface area (Å²) < 4.78 is 0. The van der Waals surface area contributed by atoms with E-state index in [1.54, 1.807) is 6.07 Å². The van der Waals surface area contributed by atoms with Gasteiger partial charge in [-0.3, -0.25) is 0 Å². The normalized spacial score (nSPS) is 13.9. The third kappa shape index (κ3) is 3.28. The molecule has 0 bridgehead atoms. The largest absolute Gasteiger partial charge is 0.477 e. The van der Waals surface area contributed by atoms with Crippen molar-refractivity contribution in [2.24, 2.45) is 0 Å². The summed E-state index contributed by atoms with van der Waals surface area (Å²) in [6, 6.07) is 22.4. The predicted molar refractivity (Wildman–Crippen MR) is 107 cm³/mol. The van der Waals surface area contributed by atoms with Crippen molar-refractivity contribution < 1.29 is 9.90 Å². The maximum Gasteiger partial charge on any atom is 0.346 e. The lowest BCUT2D eigenvalue weighted by atomic mass is 9.97. The van der Waals surface area contributed by atoms with Gasteiger partial charge in [0.1, 0.15) is 11.6 Å². The van der Waals surface area contributed by atoms with Gasteiger partial charge in [0, 0.05) is 17.9 Å². The fourth-order valence-electron chi connectivity index (χ4n) is 3.63. The molecule has 4 nitrogen and oxygen atoms in total. The molecule has 132 valence electrons. The van der Waals surface area contributed by atoms with Crippen LogP contribution in [0.2, 0.25) is 0 Å². The first-order valence-corrected chi connectivity index (χ1v) is 8.90. The van der Waals surface area contributed by atoms with Crippen LogP contribution in [0.1, 0.15) is 17.5 Å². The van der Waals surface area contributed by atoms with E-state index in [2.05, 4.69) is 35.2 Å². The molecular weight excluding hydrogens is 336 g/mol. The Labute approximate surface area is 157 Å². The number of hydrogen-bond acceptors (Lipinski definition) is 3. The highest BCUT2D eigenvalue weighted by Gasteiger charge is 2.19. The van der Waals surface area contributed by atoms with Crippen molar-refractivity contribution in [1.29, 1.82) is 5.26 Å². The van der Waals surface area contributed by atoms with E-state index in [0.29, 0.717) is 0 Å². The quantitative estimate of drug-likeness (QED) is 0.536. The number of fused-ring (bicyclic) bond motifs is 2. The minimum atomic E-state index is -1.20. The van der Waals surface area contributed by atoms with Gasteiger partial charge in [0.05, 0.1) is 0 Å². The molecule has 0 saturated heterocycles. The Balaban J connectivity index is 1.73. The van der Waals surface area contributed by atoms with E-state index < -0.39 is 5.97 Å². The Bertz CT molecular complexity index is 1110. The van der Waals surface area contributed by atoms with Crippen molar-refractivity contribution in [3.8, 4) is 6.07 Å². The lowest BCUT2D eigenvalue weighted by Gasteiger charge is -2.32. The number of aliphatic carboxylic acids is 1. The molecule has 1 N–H and O–H groups in total. The summed E-state index contributed by atoms with van der Waals surface area (Å²) >= 11 is 0. The van der Waals surface area contributed by atoms with Crippen LogP contribution in [-0.4, -0.2) is 17.6 Å². The maximum absolute atomic E-state index is 11.1. The third-order valence-corrected chi connectivity index (χ3v) is 4.93. The Morgan fingerprint density at radius 3 is 2.67 bits per heavy atom. The average molecular weight is 354 g/mol. The molecule has 0 saturated carbocycles. The minimum absolute atomic E-state index is 0.253. The second kappa shape index (κ2) is 6.97. The van der Waals surface area contributed by atoms with Crippen molar-refractivity contribution in [2.75, 3.05) is 11.4 Å². The Hall–Kier alpha value is -3.58. The predicted octanol–water partition coefficient (Wildman–Crippen LogP) is 4.92. The number of carbonyl (C=O) groups is 1. The van der Waals surface area contributed by atoms with Crippen LogP contribution in [-0.2, 0) is 11.2 Å². The lowest BCUT2D eigenvalue weighted by Crippen LogP contribution is -2.24. The average Bonchev–Trinajstić information content (AvgIpc) is 2.70. The summed E-state index contributed by atoms with van der Waals surface area (Å²) in [6.07, 6.45) is 3.39. The summed E-state index contributed by atoms with van der Waals surface area (Å²) in [4.78, 5) is 13.4. The summed E-state index contributed by atoms with van der Waals surface area (Å²) in [7, 11) is 0. The van der Waals surface area contributed by atoms with Crippen LogP contribution in [0.5, 0.6) is 0 Å². The molecule has 0 amide bonds. The van der Waals surface area contributed by atoms with Crippen molar-refractivity contribution in [2.45, 2.75) is 12.8 Å². The molecular formula is C23H18N2O2. The van der Waals surface area contributed by atoms with Gasteiger partial charge in [0.2, 0.25) is 0 Å². The fraction of sp³-hybridized carbons (Fsp3) is 0.130. The van der Waals surface area contributed by atoms with Gasteiger partial charge >= 0.3 is 5.97 Å². The smallest absolute Gasteiger partial charge is 0.346 e. The van der Waals surface area contributed by atoms with Crippen LogP contribution >= 0.6 is 0 Å². The van der Waals surface area contributed by atoms with E-state index in [-0.39, 0.29) is 5.57 Å². The van der Waals surface area contributed by atoms with Gasteiger partial charge in [-0.1, -0.05) is 36.4 Å². The van der Waals surface area contributed by atoms with Gasteiger partial charge in [0.25, 0.3) is 0 Å². The van der Waals surface area contributed by atoms with Crippen LogP contribution in [0.4, 0.5) is 11.4 Å². The highest BCUT2D eigenvalue weighted by molar-refractivity contribution is 5.96. The molecule has 1 aliphatic rings. The molecule has 1 aliphatic heterocycles. The number of aryl methyl sites for hydroxylation is 1. The molecule has 27 heavy (non-hydrogen) atoms. The van der Waals surface area contributed by atoms with Gasteiger partial charge in [-0.15, -0.1) is 0 Å². The van der Waals surface area contributed by atoms with Gasteiger partial charge in [0.15, 0.2) is 0 Å². The summed E-state index contributed by atoms with van der Waals surface area (Å²) in [6.45, 7) is 0.944. The molecule has 0 aromatic heterocycles. The second-order valence-corrected chi connectivity index (χ2v) is 6.65. The van der Waals surface area contributed by atoms with E-state index in [4.69, 9.17) is 10.4 Å². The van der Waals surface area contributed by atoms with Crippen molar-refractivity contribution in [3.05, 3.63) is 77.4 Å². The SMILES string of the molecule is N#CC(=Cc1ccc2c(c1)CCCN2c1ccc2ccccc2c1)C(=O)O. The van der Waals surface area contributed by atoms with Gasteiger partial charge in [-0.25, -0.2) is 4.79 Å². The third-order valence-electron chi connectivity index (χ3n) is 4.93. The number of rotatable bonds is 3. The van der Waals surface area contributed by atoms with Crippen LogP contribution < -0.4 is 4.90 Å². The zero-order chi connectivity index (χ0) is 18.8. The van der Waals surface area contributed by atoms with E-state index in [1.165, 1.54) is 22.4 Å². The molecule has 0 atom stereocenters. The first kappa shape index (κ1) is 16.9.